The zero-order valence-corrected chi connectivity index (χ0v) is 34.5. The second-order valence-electron chi connectivity index (χ2n) is 17.8. The van der Waals surface area contributed by atoms with Gasteiger partial charge in [-0.2, -0.15) is 0 Å². The number of benzene rings is 6. The Morgan fingerprint density at radius 1 is 0.569 bits per heavy atom. The molecule has 7 rings (SSSR count). The smallest absolute Gasteiger partial charge is 0.194 e. The van der Waals surface area contributed by atoms with Gasteiger partial charge in [-0.3, -0.25) is 0 Å². The third kappa shape index (κ3) is 6.81. The summed E-state index contributed by atoms with van der Waals surface area (Å²) in [5, 5.41) is 2.08. The van der Waals surface area contributed by atoms with Crippen molar-refractivity contribution in [3.63, 3.8) is 0 Å². The maximum Gasteiger partial charge on any atom is 0.194 e. The summed E-state index contributed by atoms with van der Waals surface area (Å²) >= 11 is 0. The minimum atomic E-state index is -1.58. The van der Waals surface area contributed by atoms with E-state index in [4.69, 9.17) is 9.47 Å². The van der Waals surface area contributed by atoms with Crippen molar-refractivity contribution in [2.45, 2.75) is 78.4 Å². The van der Waals surface area contributed by atoms with Gasteiger partial charge in [0.2, 0.25) is 0 Å². The Morgan fingerprint density at radius 2 is 0.966 bits per heavy atom. The van der Waals surface area contributed by atoms with Crippen molar-refractivity contribution in [3.8, 4) is 44.9 Å². The van der Waals surface area contributed by atoms with Crippen molar-refractivity contribution in [1.82, 2.24) is 0 Å². The van der Waals surface area contributed by atoms with Crippen molar-refractivity contribution in [2.24, 2.45) is 0 Å². The Morgan fingerprint density at radius 3 is 1.36 bits per heavy atom. The van der Waals surface area contributed by atoms with E-state index in [2.05, 4.69) is 26.1 Å². The normalized spacial score (nSPS) is 14.5. The maximum absolute atomic E-state index is 15.3. The van der Waals surface area contributed by atoms with E-state index in [-0.39, 0.29) is 34.7 Å². The fourth-order valence-corrected chi connectivity index (χ4v) is 8.77. The first-order valence-corrected chi connectivity index (χ1v) is 19.3. The first-order chi connectivity index (χ1) is 27.2. The highest BCUT2D eigenvalue weighted by Gasteiger charge is 2.42. The Kier molecular flexibility index (Phi) is 10.2. The lowest BCUT2D eigenvalue weighted by atomic mass is 9.76. The first kappa shape index (κ1) is 40.9. The van der Waals surface area contributed by atoms with E-state index >= 15 is 17.6 Å². The van der Waals surface area contributed by atoms with Gasteiger partial charge in [-0.25, -0.2) is 26.3 Å². The Hall–Kier alpha value is -5.28. The van der Waals surface area contributed by atoms with E-state index in [0.29, 0.717) is 56.0 Å². The van der Waals surface area contributed by atoms with Crippen LogP contribution in [0.15, 0.2) is 78.9 Å². The molecule has 0 radical (unpaired) electrons. The van der Waals surface area contributed by atoms with Gasteiger partial charge < -0.3 is 14.0 Å². The van der Waals surface area contributed by atoms with Gasteiger partial charge in [-0.05, 0) is 87.2 Å². The van der Waals surface area contributed by atoms with E-state index in [9.17, 15) is 8.78 Å². The first-order valence-electron chi connectivity index (χ1n) is 19.3. The van der Waals surface area contributed by atoms with Crippen molar-refractivity contribution in [2.75, 3.05) is 21.3 Å². The summed E-state index contributed by atoms with van der Waals surface area (Å²) < 4.78 is 103. The highest BCUT2D eigenvalue weighted by Crippen LogP contribution is 2.55. The van der Waals surface area contributed by atoms with Crippen LogP contribution in [-0.4, -0.2) is 25.8 Å². The third-order valence-corrected chi connectivity index (χ3v) is 11.9. The van der Waals surface area contributed by atoms with Gasteiger partial charge in [0.1, 0.15) is 30.6 Å². The lowest BCUT2D eigenvalue weighted by Gasteiger charge is -2.41. The lowest BCUT2D eigenvalue weighted by Crippen LogP contribution is -2.44. The van der Waals surface area contributed by atoms with Gasteiger partial charge >= 0.3 is 0 Å². The summed E-state index contributed by atoms with van der Waals surface area (Å²) in [6.07, 6.45) is 0. The summed E-state index contributed by atoms with van der Waals surface area (Å²) in [5.41, 5.74) is 5.03. The molecule has 6 aromatic carbocycles. The molecule has 58 heavy (non-hydrogen) atoms. The quantitative estimate of drug-likeness (QED) is 0.0949. The molecule has 0 saturated carbocycles. The van der Waals surface area contributed by atoms with E-state index < -0.39 is 45.7 Å². The van der Waals surface area contributed by atoms with Gasteiger partial charge in [-0.1, -0.05) is 84.0 Å². The van der Waals surface area contributed by atoms with E-state index in [0.717, 1.165) is 40.6 Å². The summed E-state index contributed by atoms with van der Waals surface area (Å²) in [6.45, 7) is 14.6. The van der Waals surface area contributed by atoms with Crippen LogP contribution in [0.3, 0.4) is 0 Å². The van der Waals surface area contributed by atoms with Gasteiger partial charge in [0.15, 0.2) is 34.9 Å². The molecule has 0 bridgehead atoms. The number of halogens is 6. The van der Waals surface area contributed by atoms with Gasteiger partial charge in [0, 0.05) is 38.9 Å². The maximum atomic E-state index is 15.3. The van der Waals surface area contributed by atoms with Crippen molar-refractivity contribution in [1.29, 1.82) is 0 Å². The number of rotatable bonds is 6. The van der Waals surface area contributed by atoms with Gasteiger partial charge in [0.05, 0.1) is 21.3 Å². The lowest BCUT2D eigenvalue weighted by molar-refractivity contribution is -0.962. The van der Waals surface area contributed by atoms with Crippen molar-refractivity contribution >= 4 is 10.8 Å². The zero-order chi connectivity index (χ0) is 42.2. The summed E-state index contributed by atoms with van der Waals surface area (Å²) in [7, 11) is 5.09. The Balaban J connectivity index is 1.72. The number of methoxy groups -OCH3 is 2. The van der Waals surface area contributed by atoms with Gasteiger partial charge in [-0.15, -0.1) is 0 Å². The van der Waals surface area contributed by atoms with Crippen LogP contribution in [-0.2, 0) is 23.9 Å². The van der Waals surface area contributed by atoms with Gasteiger partial charge in [0.25, 0.3) is 0 Å². The number of nitrogens with zero attached hydrogens (tertiary/aromatic N) is 1. The molecule has 0 aliphatic carbocycles. The number of quaternary nitrogens is 1. The van der Waals surface area contributed by atoms with Crippen LogP contribution < -0.4 is 9.47 Å². The molecular formula is C49H48F6NO2+. The zero-order valence-electron chi connectivity index (χ0n) is 34.5. The highest BCUT2D eigenvalue weighted by atomic mass is 19.2. The molecular weight excluding hydrogens is 749 g/mol. The third-order valence-electron chi connectivity index (χ3n) is 11.9. The van der Waals surface area contributed by atoms with Crippen molar-refractivity contribution in [3.05, 3.63) is 142 Å². The largest absolute Gasteiger partial charge is 0.496 e. The number of fused-ring (bicyclic) bond motifs is 4. The molecule has 0 amide bonds. The van der Waals surface area contributed by atoms with Crippen LogP contribution in [0.4, 0.5) is 26.3 Å². The molecule has 9 heteroatoms. The fraction of sp³-hybridized carbons (Fsp3) is 0.306. The average Bonchev–Trinajstić information content (AvgIpc) is 3.29. The molecule has 1 aliphatic heterocycles. The van der Waals surface area contributed by atoms with Crippen LogP contribution >= 0.6 is 0 Å². The predicted molar refractivity (Wildman–Crippen MR) is 219 cm³/mol. The minimum Gasteiger partial charge on any atom is -0.496 e. The fourth-order valence-electron chi connectivity index (χ4n) is 8.77. The molecule has 1 aliphatic rings. The monoisotopic (exact) mass is 796 g/mol. The minimum absolute atomic E-state index is 0.0934. The second kappa shape index (κ2) is 14.5. The second-order valence-corrected chi connectivity index (χ2v) is 17.8. The number of hydrogen-bond donors (Lipinski definition) is 0. The molecule has 3 nitrogen and oxygen atoms in total. The van der Waals surface area contributed by atoms with Crippen molar-refractivity contribution < 1.29 is 40.3 Å². The summed E-state index contributed by atoms with van der Waals surface area (Å²) in [6, 6.07) is 22.0. The van der Waals surface area contributed by atoms with E-state index in [1.165, 1.54) is 14.2 Å². The standard InChI is InChI=1S/C49H48F6NO2/c1-26(30-17-13-15-27-14-11-12-16-31(27)30)56(8)24-34-32(22-36(48(2,3)4)46(57-9)42(34)28-18-38(50)44(54)39(51)19-28)33-23-37(49(5,6)7)47(58-10)43(35(33)25-56)29-20-40(52)45(55)41(53)21-29/h11-23,26H,24-25H2,1-10H3/q+1/t26-/m1/s1. The molecule has 6 aromatic rings. The van der Waals surface area contributed by atoms with Crippen LogP contribution in [0.25, 0.3) is 44.2 Å². The van der Waals surface area contributed by atoms with Crippen LogP contribution in [0, 0.1) is 34.9 Å². The van der Waals surface area contributed by atoms with Crippen LogP contribution in [0.2, 0.25) is 0 Å². The van der Waals surface area contributed by atoms with E-state index in [1.807, 2.05) is 84.0 Å². The Bertz CT molecular complexity index is 2430. The highest BCUT2D eigenvalue weighted by molar-refractivity contribution is 5.91. The molecule has 0 fully saturated rings. The topological polar surface area (TPSA) is 18.5 Å². The molecule has 0 unspecified atom stereocenters. The molecule has 1 atom stereocenters. The summed E-state index contributed by atoms with van der Waals surface area (Å²) in [4.78, 5) is 0. The molecule has 1 heterocycles. The Labute approximate surface area is 336 Å². The van der Waals surface area contributed by atoms with Crippen LogP contribution in [0.1, 0.15) is 82.3 Å². The molecule has 0 saturated heterocycles. The number of ether oxygens (including phenoxy) is 2. The number of hydrogen-bond acceptors (Lipinski definition) is 2. The SMILES string of the molecule is COc1c(C(C)(C)C)cc2c(c1-c1cc(F)c(F)c(F)c1)C[N+](C)([C@H](C)c1cccc3ccccc13)Cc1c-2cc(C(C)(C)C)c(OC)c1-c1cc(F)c(F)c(F)c1. The molecule has 0 N–H and O–H groups in total. The molecule has 302 valence electrons. The predicted octanol–water partition coefficient (Wildman–Crippen LogP) is 13.5. The average molecular weight is 797 g/mol. The molecule has 0 aromatic heterocycles. The van der Waals surface area contributed by atoms with Crippen LogP contribution in [0.5, 0.6) is 11.5 Å². The summed E-state index contributed by atoms with van der Waals surface area (Å²) in [5.74, 6) is -7.76. The van der Waals surface area contributed by atoms with E-state index in [1.54, 1.807) is 0 Å². The molecule has 0 spiro atoms.